The molecule has 3 rings (SSSR count). The quantitative estimate of drug-likeness (QED) is 0.647. The van der Waals surface area contributed by atoms with Crippen LogP contribution in [0.2, 0.25) is 0 Å². The molecule has 7 nitrogen and oxygen atoms in total. The van der Waals surface area contributed by atoms with Gasteiger partial charge in [-0.2, -0.15) is 0 Å². The number of anilines is 1. The molecule has 0 unspecified atom stereocenters. The molecule has 0 amide bonds. The van der Waals surface area contributed by atoms with Crippen molar-refractivity contribution < 1.29 is 8.42 Å². The van der Waals surface area contributed by atoms with Crippen molar-refractivity contribution in [3.63, 3.8) is 0 Å². The van der Waals surface area contributed by atoms with E-state index in [1.165, 1.54) is 4.68 Å². The lowest BCUT2D eigenvalue weighted by Crippen LogP contribution is -2.13. The molecular formula is C18H19N5O2S. The van der Waals surface area contributed by atoms with E-state index in [-0.39, 0.29) is 4.90 Å². The van der Waals surface area contributed by atoms with Crippen LogP contribution in [-0.2, 0) is 23.5 Å². The maximum absolute atomic E-state index is 12.7. The highest BCUT2D eigenvalue weighted by Gasteiger charge is 2.15. The summed E-state index contributed by atoms with van der Waals surface area (Å²) in [6, 6.07) is 13.9. The normalized spacial score (nSPS) is 11.3. The van der Waals surface area contributed by atoms with Gasteiger partial charge in [0.2, 0.25) is 0 Å². The number of hydrogen-bond acceptors (Lipinski definition) is 5. The van der Waals surface area contributed by atoms with Crippen LogP contribution in [0.3, 0.4) is 0 Å². The summed E-state index contributed by atoms with van der Waals surface area (Å²) in [7, 11) is -1.97. The van der Waals surface area contributed by atoms with Crippen LogP contribution >= 0.6 is 0 Å². The highest BCUT2D eigenvalue weighted by Crippen LogP contribution is 2.22. The van der Waals surface area contributed by atoms with Crippen LogP contribution in [0, 0.1) is 0 Å². The second kappa shape index (κ2) is 7.49. The second-order valence-corrected chi connectivity index (χ2v) is 7.47. The Balaban J connectivity index is 1.86. The minimum Gasteiger partial charge on any atom is -0.280 e. The van der Waals surface area contributed by atoms with Crippen LogP contribution in [0.1, 0.15) is 12.0 Å². The Morgan fingerprint density at radius 1 is 1.19 bits per heavy atom. The van der Waals surface area contributed by atoms with E-state index in [1.54, 1.807) is 43.4 Å². The Bertz CT molecular complexity index is 1030. The molecule has 26 heavy (non-hydrogen) atoms. The first-order chi connectivity index (χ1) is 12.5. The van der Waals surface area contributed by atoms with Gasteiger partial charge >= 0.3 is 0 Å². The molecule has 0 radical (unpaired) electrons. The lowest BCUT2D eigenvalue weighted by atomic mass is 10.1. The summed E-state index contributed by atoms with van der Waals surface area (Å²) in [6.45, 7) is 3.69. The zero-order valence-corrected chi connectivity index (χ0v) is 15.1. The van der Waals surface area contributed by atoms with E-state index in [0.717, 1.165) is 24.0 Å². The van der Waals surface area contributed by atoms with Crippen LogP contribution in [0.15, 0.2) is 66.1 Å². The van der Waals surface area contributed by atoms with Crippen LogP contribution in [-0.4, -0.2) is 28.6 Å². The van der Waals surface area contributed by atoms with Crippen molar-refractivity contribution >= 4 is 15.7 Å². The van der Waals surface area contributed by atoms with E-state index in [1.807, 2.05) is 18.2 Å². The van der Waals surface area contributed by atoms with Crippen molar-refractivity contribution in [3.8, 4) is 11.4 Å². The highest BCUT2D eigenvalue weighted by atomic mass is 32.2. The first kappa shape index (κ1) is 17.8. The molecule has 0 aliphatic heterocycles. The fraction of sp³-hybridized carbons (Fsp3) is 0.167. The molecule has 0 atom stereocenters. The van der Waals surface area contributed by atoms with Gasteiger partial charge in [-0.1, -0.05) is 30.3 Å². The average molecular weight is 369 g/mol. The number of aryl methyl sites for hydroxylation is 2. The van der Waals surface area contributed by atoms with E-state index in [0.29, 0.717) is 11.5 Å². The molecular weight excluding hydrogens is 350 g/mol. The topological polar surface area (TPSA) is 89.8 Å². The van der Waals surface area contributed by atoms with Crippen LogP contribution in [0.4, 0.5) is 5.69 Å². The maximum Gasteiger partial charge on any atom is 0.261 e. The third kappa shape index (κ3) is 3.97. The minimum absolute atomic E-state index is 0.227. The molecule has 134 valence electrons. The van der Waals surface area contributed by atoms with Crippen LogP contribution < -0.4 is 4.72 Å². The molecule has 8 heteroatoms. The molecule has 1 N–H and O–H groups in total. The number of sulfonamides is 1. The largest absolute Gasteiger partial charge is 0.280 e. The minimum atomic E-state index is -3.69. The Kier molecular flexibility index (Phi) is 5.13. The summed E-state index contributed by atoms with van der Waals surface area (Å²) in [4.78, 5) is 0.227. The van der Waals surface area contributed by atoms with Crippen molar-refractivity contribution in [2.24, 2.45) is 7.05 Å². The molecule has 0 bridgehead atoms. The van der Waals surface area contributed by atoms with Crippen molar-refractivity contribution in [3.05, 3.63) is 66.7 Å². The number of nitrogens with zero attached hydrogens (tertiary/aromatic N) is 4. The number of rotatable bonds is 7. The lowest BCUT2D eigenvalue weighted by molar-refractivity contribution is 0.601. The summed E-state index contributed by atoms with van der Waals surface area (Å²) < 4.78 is 29.6. The molecule has 0 aliphatic rings. The number of benzene rings is 2. The van der Waals surface area contributed by atoms with E-state index < -0.39 is 10.0 Å². The molecule has 1 heterocycles. The van der Waals surface area contributed by atoms with Gasteiger partial charge in [0.1, 0.15) is 0 Å². The lowest BCUT2D eigenvalue weighted by Gasteiger charge is -2.10. The zero-order valence-electron chi connectivity index (χ0n) is 14.3. The predicted molar refractivity (Wildman–Crippen MR) is 100 cm³/mol. The van der Waals surface area contributed by atoms with Gasteiger partial charge in [-0.15, -0.1) is 11.7 Å². The molecule has 1 aromatic heterocycles. The molecule has 2 aromatic carbocycles. The number of aromatic nitrogens is 4. The zero-order chi connectivity index (χ0) is 18.6. The van der Waals surface area contributed by atoms with Gasteiger partial charge in [0.25, 0.3) is 10.0 Å². The number of tetrazole rings is 1. The van der Waals surface area contributed by atoms with Crippen LogP contribution in [0.5, 0.6) is 0 Å². The summed E-state index contributed by atoms with van der Waals surface area (Å²) in [5, 5.41) is 11.3. The maximum atomic E-state index is 12.7. The SMILES string of the molecule is C=CCCc1cccc(S(=O)(=O)Nc2cccc(-c3nnnn3C)c2)c1. The molecule has 0 saturated carbocycles. The fourth-order valence-corrected chi connectivity index (χ4v) is 3.67. The summed E-state index contributed by atoms with van der Waals surface area (Å²) >= 11 is 0. The first-order valence-corrected chi connectivity index (χ1v) is 9.53. The molecule has 0 saturated heterocycles. The van der Waals surface area contributed by atoms with Gasteiger partial charge in [-0.05, 0) is 53.1 Å². The van der Waals surface area contributed by atoms with Gasteiger partial charge in [-0.25, -0.2) is 13.1 Å². The Hall–Kier alpha value is -3.00. The number of nitrogens with one attached hydrogen (secondary N) is 1. The van der Waals surface area contributed by atoms with Gasteiger partial charge in [0.05, 0.1) is 4.90 Å². The number of hydrogen-bond donors (Lipinski definition) is 1. The summed E-state index contributed by atoms with van der Waals surface area (Å²) in [5.74, 6) is 0.553. The van der Waals surface area contributed by atoms with E-state index in [9.17, 15) is 8.42 Å². The van der Waals surface area contributed by atoms with Crippen molar-refractivity contribution in [1.82, 2.24) is 20.2 Å². The first-order valence-electron chi connectivity index (χ1n) is 8.05. The van der Waals surface area contributed by atoms with Gasteiger partial charge < -0.3 is 0 Å². The Morgan fingerprint density at radius 3 is 2.73 bits per heavy atom. The van der Waals surface area contributed by atoms with E-state index >= 15 is 0 Å². The Morgan fingerprint density at radius 2 is 2.00 bits per heavy atom. The third-order valence-electron chi connectivity index (χ3n) is 3.84. The van der Waals surface area contributed by atoms with E-state index in [4.69, 9.17) is 0 Å². The smallest absolute Gasteiger partial charge is 0.261 e. The molecule has 3 aromatic rings. The summed E-state index contributed by atoms with van der Waals surface area (Å²) in [6.07, 6.45) is 3.36. The van der Waals surface area contributed by atoms with E-state index in [2.05, 4.69) is 26.8 Å². The molecule has 0 aliphatic carbocycles. The monoisotopic (exact) mass is 369 g/mol. The Labute approximate surface area is 152 Å². The fourth-order valence-electron chi connectivity index (χ4n) is 2.55. The number of allylic oxidation sites excluding steroid dienone is 1. The third-order valence-corrected chi connectivity index (χ3v) is 5.22. The van der Waals surface area contributed by atoms with Gasteiger partial charge in [-0.3, -0.25) is 4.72 Å². The van der Waals surface area contributed by atoms with Crippen molar-refractivity contribution in [2.75, 3.05) is 4.72 Å². The predicted octanol–water partition coefficient (Wildman–Crippen LogP) is 2.80. The molecule has 0 spiro atoms. The second-order valence-electron chi connectivity index (χ2n) is 5.79. The van der Waals surface area contributed by atoms with Gasteiger partial charge in [0, 0.05) is 18.3 Å². The average Bonchev–Trinajstić information content (AvgIpc) is 3.06. The van der Waals surface area contributed by atoms with Crippen molar-refractivity contribution in [1.29, 1.82) is 0 Å². The molecule has 0 fully saturated rings. The standard InChI is InChI=1S/C18H19N5O2S/c1-3-4-7-14-8-5-11-17(12-14)26(24,25)20-16-10-6-9-15(13-16)18-19-21-22-23(18)2/h3,5-6,8-13,20H,1,4,7H2,2H3. The van der Waals surface area contributed by atoms with Crippen LogP contribution in [0.25, 0.3) is 11.4 Å². The highest BCUT2D eigenvalue weighted by molar-refractivity contribution is 7.92. The van der Waals surface area contributed by atoms with Gasteiger partial charge in [0.15, 0.2) is 5.82 Å². The van der Waals surface area contributed by atoms with Crippen molar-refractivity contribution in [2.45, 2.75) is 17.7 Å². The summed E-state index contributed by atoms with van der Waals surface area (Å²) in [5.41, 5.74) is 2.12.